The molecule has 0 bridgehead atoms. The summed E-state index contributed by atoms with van der Waals surface area (Å²) in [5.41, 5.74) is 1.97. The first-order chi connectivity index (χ1) is 10.3. The van der Waals surface area contributed by atoms with E-state index < -0.39 is 0 Å². The van der Waals surface area contributed by atoms with Crippen LogP contribution in [0.5, 0.6) is 0 Å². The Morgan fingerprint density at radius 1 is 1.38 bits per heavy atom. The molecule has 2 aromatic rings. The maximum absolute atomic E-state index is 5.17. The predicted molar refractivity (Wildman–Crippen MR) is 79.9 cm³/mol. The van der Waals surface area contributed by atoms with Crippen molar-refractivity contribution in [3.63, 3.8) is 0 Å². The van der Waals surface area contributed by atoms with E-state index in [4.69, 9.17) is 4.52 Å². The van der Waals surface area contributed by atoms with Gasteiger partial charge in [0.05, 0.1) is 12.2 Å². The highest BCUT2D eigenvalue weighted by atomic mass is 16.5. The molecule has 1 saturated heterocycles. The highest BCUT2D eigenvalue weighted by Gasteiger charge is 2.13. The summed E-state index contributed by atoms with van der Waals surface area (Å²) in [5.74, 6) is 1.64. The normalized spacial score (nSPS) is 18.0. The van der Waals surface area contributed by atoms with Crippen molar-refractivity contribution in [3.05, 3.63) is 35.6 Å². The second kappa shape index (κ2) is 6.67. The van der Waals surface area contributed by atoms with Crippen molar-refractivity contribution in [2.75, 3.05) is 11.9 Å². The molecule has 112 valence electrons. The van der Waals surface area contributed by atoms with Crippen molar-refractivity contribution in [1.82, 2.24) is 20.4 Å². The van der Waals surface area contributed by atoms with Gasteiger partial charge >= 0.3 is 0 Å². The zero-order valence-electron chi connectivity index (χ0n) is 12.3. The number of nitrogens with one attached hydrogen (secondary N) is 2. The van der Waals surface area contributed by atoms with E-state index in [2.05, 4.69) is 25.8 Å². The van der Waals surface area contributed by atoms with E-state index in [1.54, 1.807) is 6.33 Å². The third-order valence-electron chi connectivity index (χ3n) is 3.76. The smallest absolute Gasteiger partial charge is 0.156 e. The molecule has 21 heavy (non-hydrogen) atoms. The van der Waals surface area contributed by atoms with Crippen LogP contribution in [0.25, 0.3) is 0 Å². The van der Waals surface area contributed by atoms with Crippen LogP contribution in [-0.4, -0.2) is 27.7 Å². The Morgan fingerprint density at radius 3 is 3.10 bits per heavy atom. The minimum absolute atomic E-state index is 0.585. The van der Waals surface area contributed by atoms with E-state index in [0.29, 0.717) is 12.6 Å². The summed E-state index contributed by atoms with van der Waals surface area (Å²) in [6.45, 7) is 3.65. The number of hydrogen-bond acceptors (Lipinski definition) is 6. The summed E-state index contributed by atoms with van der Waals surface area (Å²) in [4.78, 5) is 8.59. The van der Waals surface area contributed by atoms with Crippen molar-refractivity contribution in [1.29, 1.82) is 0 Å². The van der Waals surface area contributed by atoms with E-state index >= 15 is 0 Å². The molecule has 1 aliphatic rings. The van der Waals surface area contributed by atoms with Gasteiger partial charge < -0.3 is 15.2 Å². The van der Waals surface area contributed by atoms with Crippen molar-refractivity contribution >= 4 is 5.82 Å². The molecular weight excluding hydrogens is 266 g/mol. The number of aryl methyl sites for hydroxylation is 2. The average Bonchev–Trinajstić information content (AvgIpc) is 3.15. The molecule has 0 aromatic carbocycles. The molecule has 2 N–H and O–H groups in total. The molecule has 3 heterocycles. The molecule has 3 rings (SSSR count). The predicted octanol–water partition coefficient (Wildman–Crippen LogP) is 2.07. The summed E-state index contributed by atoms with van der Waals surface area (Å²) >= 11 is 0. The fraction of sp³-hybridized carbons (Fsp3) is 0.533. The average molecular weight is 287 g/mol. The van der Waals surface area contributed by atoms with E-state index in [-0.39, 0.29) is 0 Å². The summed E-state index contributed by atoms with van der Waals surface area (Å²) in [6, 6.07) is 4.58. The minimum Gasteiger partial charge on any atom is -0.363 e. The van der Waals surface area contributed by atoms with Gasteiger partial charge in [0, 0.05) is 23.9 Å². The molecule has 1 atom stereocenters. The molecule has 1 fully saturated rings. The summed E-state index contributed by atoms with van der Waals surface area (Å²) in [5, 5.41) is 10.6. The van der Waals surface area contributed by atoms with Gasteiger partial charge in [0.25, 0.3) is 0 Å². The largest absolute Gasteiger partial charge is 0.363 e. The van der Waals surface area contributed by atoms with Gasteiger partial charge in [-0.25, -0.2) is 9.97 Å². The lowest BCUT2D eigenvalue weighted by Gasteiger charge is -2.10. The Morgan fingerprint density at radius 2 is 2.33 bits per heavy atom. The quantitative estimate of drug-likeness (QED) is 0.847. The lowest BCUT2D eigenvalue weighted by Crippen LogP contribution is -2.21. The minimum atomic E-state index is 0.585. The van der Waals surface area contributed by atoms with Crippen LogP contribution >= 0.6 is 0 Å². The summed E-state index contributed by atoms with van der Waals surface area (Å²) < 4.78 is 5.17. The van der Waals surface area contributed by atoms with E-state index in [1.807, 2.05) is 19.1 Å². The zero-order valence-corrected chi connectivity index (χ0v) is 12.3. The van der Waals surface area contributed by atoms with Gasteiger partial charge in [0.2, 0.25) is 0 Å². The topological polar surface area (TPSA) is 75.9 Å². The summed E-state index contributed by atoms with van der Waals surface area (Å²) in [6.07, 6.45) is 6.30. The van der Waals surface area contributed by atoms with Crippen molar-refractivity contribution < 1.29 is 4.52 Å². The molecule has 0 spiro atoms. The highest BCUT2D eigenvalue weighted by Crippen LogP contribution is 2.13. The lowest BCUT2D eigenvalue weighted by molar-refractivity contribution is 0.384. The molecule has 6 nitrogen and oxygen atoms in total. The van der Waals surface area contributed by atoms with Gasteiger partial charge in [-0.3, -0.25) is 0 Å². The van der Waals surface area contributed by atoms with Gasteiger partial charge in [-0.15, -0.1) is 0 Å². The molecule has 0 radical (unpaired) electrons. The molecule has 0 amide bonds. The van der Waals surface area contributed by atoms with E-state index in [0.717, 1.165) is 42.4 Å². The maximum Gasteiger partial charge on any atom is 0.156 e. The van der Waals surface area contributed by atoms with Gasteiger partial charge in [0.15, 0.2) is 5.76 Å². The Balaban J connectivity index is 1.52. The van der Waals surface area contributed by atoms with Crippen LogP contribution in [0.15, 0.2) is 23.0 Å². The van der Waals surface area contributed by atoms with Crippen LogP contribution in [0.1, 0.15) is 36.4 Å². The number of anilines is 1. The molecule has 0 aliphatic carbocycles. The number of hydrogen-bond donors (Lipinski definition) is 2. The Kier molecular flexibility index (Phi) is 4.45. The standard InChI is InChI=1S/C15H21N5O/c1-11-7-14(21-20-11)9-17-15-8-13(18-10-19-15)5-4-12-3-2-6-16-12/h7-8,10,12,16H,2-6,9H2,1H3,(H,17,18,19)/t12-/m0/s1. The van der Waals surface area contributed by atoms with Gasteiger partial charge in [0.1, 0.15) is 12.1 Å². The second-order valence-corrected chi connectivity index (χ2v) is 5.51. The lowest BCUT2D eigenvalue weighted by atomic mass is 10.1. The molecule has 0 saturated carbocycles. The first-order valence-corrected chi connectivity index (χ1v) is 7.50. The van der Waals surface area contributed by atoms with Crippen LogP contribution in [0.2, 0.25) is 0 Å². The Bertz CT molecular complexity index is 577. The first-order valence-electron chi connectivity index (χ1n) is 7.50. The van der Waals surface area contributed by atoms with Crippen molar-refractivity contribution in [2.45, 2.75) is 45.2 Å². The van der Waals surface area contributed by atoms with Gasteiger partial charge in [-0.1, -0.05) is 5.16 Å². The van der Waals surface area contributed by atoms with Gasteiger partial charge in [-0.05, 0) is 39.2 Å². The molecule has 2 aromatic heterocycles. The van der Waals surface area contributed by atoms with Gasteiger partial charge in [-0.2, -0.15) is 0 Å². The number of rotatable bonds is 6. The fourth-order valence-electron chi connectivity index (χ4n) is 2.63. The monoisotopic (exact) mass is 287 g/mol. The molecule has 1 aliphatic heterocycles. The van der Waals surface area contributed by atoms with Crippen LogP contribution in [0, 0.1) is 6.92 Å². The fourth-order valence-corrected chi connectivity index (χ4v) is 2.63. The van der Waals surface area contributed by atoms with Crippen molar-refractivity contribution in [2.24, 2.45) is 0 Å². The van der Waals surface area contributed by atoms with Crippen LogP contribution < -0.4 is 10.6 Å². The zero-order chi connectivity index (χ0) is 14.5. The second-order valence-electron chi connectivity index (χ2n) is 5.51. The SMILES string of the molecule is Cc1cc(CNc2cc(CC[C@@H]3CCCN3)ncn2)on1. The van der Waals surface area contributed by atoms with E-state index in [9.17, 15) is 0 Å². The first kappa shape index (κ1) is 14.0. The Labute approximate surface area is 124 Å². The van der Waals surface area contributed by atoms with Crippen LogP contribution in [0.4, 0.5) is 5.82 Å². The third kappa shape index (κ3) is 4.01. The maximum atomic E-state index is 5.17. The highest BCUT2D eigenvalue weighted by molar-refractivity contribution is 5.35. The summed E-state index contributed by atoms with van der Waals surface area (Å²) in [7, 11) is 0. The molecule has 6 heteroatoms. The Hall–Kier alpha value is -1.95. The van der Waals surface area contributed by atoms with Crippen LogP contribution in [0.3, 0.4) is 0 Å². The van der Waals surface area contributed by atoms with Crippen LogP contribution in [-0.2, 0) is 13.0 Å². The molecular formula is C15H21N5O. The number of nitrogens with zero attached hydrogens (tertiary/aromatic N) is 3. The number of aromatic nitrogens is 3. The molecule has 0 unspecified atom stereocenters. The van der Waals surface area contributed by atoms with E-state index in [1.165, 1.54) is 12.8 Å². The van der Waals surface area contributed by atoms with Crippen molar-refractivity contribution in [3.8, 4) is 0 Å². The third-order valence-corrected chi connectivity index (χ3v) is 3.76.